The first-order valence-corrected chi connectivity index (χ1v) is 14.7. The van der Waals surface area contributed by atoms with Gasteiger partial charge in [-0.25, -0.2) is 0 Å². The summed E-state index contributed by atoms with van der Waals surface area (Å²) in [4.78, 5) is 44.1. The number of benzene rings is 2. The van der Waals surface area contributed by atoms with Gasteiger partial charge in [-0.05, 0) is 33.3 Å². The second kappa shape index (κ2) is 8.63. The number of ether oxygens (including phenoxy) is 1. The molecule has 2 aliphatic carbocycles. The van der Waals surface area contributed by atoms with Crippen LogP contribution in [0.25, 0.3) is 0 Å². The van der Waals surface area contributed by atoms with Crippen LogP contribution in [-0.2, 0) is 21.0 Å². The second-order valence-corrected chi connectivity index (χ2v) is 16.1. The first-order valence-electron chi connectivity index (χ1n) is 14.7. The van der Waals surface area contributed by atoms with Gasteiger partial charge in [-0.1, -0.05) is 119 Å². The zero-order valence-corrected chi connectivity index (χ0v) is 26.8. The third-order valence-corrected chi connectivity index (χ3v) is 8.89. The van der Waals surface area contributed by atoms with Crippen LogP contribution < -0.4 is 4.74 Å². The highest BCUT2D eigenvalue weighted by atomic mass is 16.5. The summed E-state index contributed by atoms with van der Waals surface area (Å²) in [7, 11) is 0. The Morgan fingerprint density at radius 2 is 1.22 bits per heavy atom. The first-order chi connectivity index (χ1) is 18.6. The topological polar surface area (TPSA) is 60.4 Å². The molecule has 0 saturated carbocycles. The molecule has 1 aliphatic heterocycles. The molecule has 0 bridgehead atoms. The Morgan fingerprint density at radius 3 is 1.66 bits per heavy atom. The van der Waals surface area contributed by atoms with Crippen molar-refractivity contribution in [3.05, 3.63) is 87.2 Å². The Hall–Kier alpha value is -3.27. The van der Waals surface area contributed by atoms with Crippen LogP contribution in [0.1, 0.15) is 120 Å². The summed E-state index contributed by atoms with van der Waals surface area (Å²) < 4.78 is 6.92. The first kappa shape index (κ1) is 29.2. The van der Waals surface area contributed by atoms with E-state index in [2.05, 4.69) is 47.6 Å². The van der Waals surface area contributed by atoms with Gasteiger partial charge in [0.15, 0.2) is 17.3 Å². The average Bonchev–Trinajstić information content (AvgIpc) is 3.03. The van der Waals surface area contributed by atoms with E-state index >= 15 is 0 Å². The van der Waals surface area contributed by atoms with Gasteiger partial charge in [-0.15, -0.1) is 0 Å². The van der Waals surface area contributed by atoms with Gasteiger partial charge in [-0.2, -0.15) is 0 Å². The lowest BCUT2D eigenvalue weighted by Gasteiger charge is -2.47. The van der Waals surface area contributed by atoms with Crippen molar-refractivity contribution < 1.29 is 19.1 Å². The summed E-state index contributed by atoms with van der Waals surface area (Å²) in [6, 6.07) is 11.3. The van der Waals surface area contributed by atoms with Gasteiger partial charge in [0.25, 0.3) is 0 Å². The minimum Gasteiger partial charge on any atom is -0.460 e. The maximum atomic E-state index is 14.9. The van der Waals surface area contributed by atoms with E-state index in [1.165, 1.54) is 0 Å². The molecule has 2 aromatic carbocycles. The number of Topliss-reactive ketones (excluding diaryl/α,β-unsaturated/α-hetero) is 3. The van der Waals surface area contributed by atoms with E-state index in [4.69, 9.17) is 4.74 Å². The van der Waals surface area contributed by atoms with Crippen LogP contribution in [0.5, 0.6) is 5.75 Å². The summed E-state index contributed by atoms with van der Waals surface area (Å²) in [6.07, 6.45) is 1.89. The lowest BCUT2D eigenvalue weighted by atomic mass is 9.58. The van der Waals surface area contributed by atoms with Gasteiger partial charge in [0, 0.05) is 33.4 Å². The molecule has 1 unspecified atom stereocenters. The van der Waals surface area contributed by atoms with E-state index in [0.29, 0.717) is 39.3 Å². The van der Waals surface area contributed by atoms with E-state index in [0.717, 1.165) is 11.1 Å². The molecule has 1 atom stereocenters. The predicted molar refractivity (Wildman–Crippen MR) is 164 cm³/mol. The highest BCUT2D eigenvalue weighted by Crippen LogP contribution is 2.60. The number of hydrogen-bond donors (Lipinski definition) is 0. The van der Waals surface area contributed by atoms with Gasteiger partial charge in [0.2, 0.25) is 0 Å². The van der Waals surface area contributed by atoms with E-state index in [-0.39, 0.29) is 28.2 Å². The van der Waals surface area contributed by atoms with Gasteiger partial charge in [0.05, 0.1) is 5.92 Å². The molecule has 0 fully saturated rings. The molecule has 0 amide bonds. The van der Waals surface area contributed by atoms with Crippen molar-refractivity contribution in [3.63, 3.8) is 0 Å². The van der Waals surface area contributed by atoms with Crippen LogP contribution in [0.2, 0.25) is 0 Å². The molecule has 0 radical (unpaired) electrons. The minimum absolute atomic E-state index is 0.0751. The number of fused-ring (bicyclic) bond motifs is 5. The molecule has 3 aliphatic rings. The Kier molecular flexibility index (Phi) is 6.15. The van der Waals surface area contributed by atoms with Crippen LogP contribution in [-0.4, -0.2) is 17.3 Å². The molecular formula is C37H44O4. The lowest BCUT2D eigenvalue weighted by Crippen LogP contribution is -2.52. The summed E-state index contributed by atoms with van der Waals surface area (Å²) in [6.45, 7) is 24.8. The van der Waals surface area contributed by atoms with Gasteiger partial charge in [0.1, 0.15) is 16.9 Å². The third-order valence-electron chi connectivity index (χ3n) is 8.89. The van der Waals surface area contributed by atoms with E-state index in [9.17, 15) is 14.4 Å². The van der Waals surface area contributed by atoms with Gasteiger partial charge in [-0.3, -0.25) is 14.4 Å². The quantitative estimate of drug-likeness (QED) is 0.308. The zero-order valence-electron chi connectivity index (χ0n) is 26.8. The fourth-order valence-corrected chi connectivity index (χ4v) is 6.69. The Bertz CT molecular complexity index is 1550. The van der Waals surface area contributed by atoms with Crippen molar-refractivity contribution in [3.8, 4) is 5.75 Å². The summed E-state index contributed by atoms with van der Waals surface area (Å²) >= 11 is 0. The highest BCUT2D eigenvalue weighted by Gasteiger charge is 2.65. The Labute approximate surface area is 245 Å². The average molecular weight is 553 g/mol. The number of hydrogen-bond acceptors (Lipinski definition) is 4. The molecular weight excluding hydrogens is 508 g/mol. The van der Waals surface area contributed by atoms with E-state index in [1.54, 1.807) is 12.1 Å². The minimum atomic E-state index is -1.57. The molecule has 0 saturated heterocycles. The molecule has 5 rings (SSSR count). The lowest BCUT2D eigenvalue weighted by molar-refractivity contribution is -0.114. The number of rotatable bonds is 0. The smallest absolute Gasteiger partial charge is 0.189 e. The van der Waals surface area contributed by atoms with Crippen LogP contribution in [0.4, 0.5) is 0 Å². The van der Waals surface area contributed by atoms with Gasteiger partial charge >= 0.3 is 0 Å². The van der Waals surface area contributed by atoms with Crippen molar-refractivity contribution in [2.24, 2.45) is 16.7 Å². The van der Waals surface area contributed by atoms with Crippen molar-refractivity contribution in [1.29, 1.82) is 0 Å². The Balaban J connectivity index is 2.03. The van der Waals surface area contributed by atoms with Crippen LogP contribution in [0.15, 0.2) is 59.4 Å². The highest BCUT2D eigenvalue weighted by molar-refractivity contribution is 6.34. The molecule has 1 heterocycles. The van der Waals surface area contributed by atoms with E-state index in [1.807, 2.05) is 65.8 Å². The normalized spacial score (nSPS) is 20.5. The summed E-state index contributed by atoms with van der Waals surface area (Å²) in [5.41, 5.74) is 1.35. The van der Waals surface area contributed by atoms with E-state index < -0.39 is 22.2 Å². The molecule has 2 aromatic rings. The van der Waals surface area contributed by atoms with Crippen LogP contribution in [0.3, 0.4) is 0 Å². The maximum absolute atomic E-state index is 14.9. The summed E-state index contributed by atoms with van der Waals surface area (Å²) in [5, 5.41) is 0. The van der Waals surface area contributed by atoms with Crippen molar-refractivity contribution in [1.82, 2.24) is 0 Å². The molecule has 216 valence electrons. The third kappa shape index (κ3) is 4.12. The molecule has 1 spiro atoms. The van der Waals surface area contributed by atoms with Gasteiger partial charge < -0.3 is 4.74 Å². The largest absolute Gasteiger partial charge is 0.460 e. The standard InChI is InChI=1S/C37H44O4/c1-33(2,3)20-17-24(35(7,8)9)29-25(18-20)37(31(39)21-15-13-14-16-22(21)32(37)40)26-19-23(34(4,5)6)28(38)27(30(26)41-29)36(10,11)12/h13-19,26H,1-12H3. The second-order valence-electron chi connectivity index (χ2n) is 16.1. The Morgan fingerprint density at radius 1 is 0.683 bits per heavy atom. The fourth-order valence-electron chi connectivity index (χ4n) is 6.69. The number of carbonyl (C=O) groups excluding carboxylic acids is 3. The van der Waals surface area contributed by atoms with Crippen molar-refractivity contribution >= 4 is 17.3 Å². The van der Waals surface area contributed by atoms with Crippen molar-refractivity contribution in [2.75, 3.05) is 0 Å². The SMILES string of the molecule is CC(C)(C)C1=CC2C(=C(C(C)(C)C)C1=O)Oc1c(C(C)(C)C)cc(C(C)(C)C)cc1C21C(=O)c2ccccc2C1=O. The van der Waals surface area contributed by atoms with Crippen molar-refractivity contribution in [2.45, 2.75) is 99.3 Å². The predicted octanol–water partition coefficient (Wildman–Crippen LogP) is 8.46. The molecule has 4 nitrogen and oxygen atoms in total. The van der Waals surface area contributed by atoms with Crippen LogP contribution >= 0.6 is 0 Å². The van der Waals surface area contributed by atoms with Crippen LogP contribution in [0, 0.1) is 16.7 Å². The summed E-state index contributed by atoms with van der Waals surface area (Å²) in [5.74, 6) is -0.285. The molecule has 0 aromatic heterocycles. The number of carbonyl (C=O) groups is 3. The monoisotopic (exact) mass is 552 g/mol. The maximum Gasteiger partial charge on any atom is 0.189 e. The number of allylic oxidation sites excluding steroid dienone is 3. The number of ketones is 3. The zero-order chi connectivity index (χ0) is 30.7. The molecule has 4 heteroatoms. The molecule has 0 N–H and O–H groups in total. The fraction of sp³-hybridized carbons (Fsp3) is 0.486. The molecule has 41 heavy (non-hydrogen) atoms.